The second kappa shape index (κ2) is 9.31. The van der Waals surface area contributed by atoms with Crippen LogP contribution in [0.25, 0.3) is 0 Å². The van der Waals surface area contributed by atoms with Gasteiger partial charge in [0.25, 0.3) is 0 Å². The van der Waals surface area contributed by atoms with Crippen molar-refractivity contribution < 1.29 is 9.21 Å². The summed E-state index contributed by atoms with van der Waals surface area (Å²) in [5.74, 6) is 1.35. The van der Waals surface area contributed by atoms with Crippen molar-refractivity contribution in [3.05, 3.63) is 95.4 Å². The summed E-state index contributed by atoms with van der Waals surface area (Å²) in [4.78, 5) is 17.6. The van der Waals surface area contributed by atoms with E-state index in [4.69, 9.17) is 4.42 Å². The molecule has 2 heterocycles. The molecule has 1 aliphatic heterocycles. The second-order valence-corrected chi connectivity index (χ2v) is 8.50. The van der Waals surface area contributed by atoms with Crippen molar-refractivity contribution in [3.8, 4) is 0 Å². The Morgan fingerprint density at radius 3 is 2.63 bits per heavy atom. The van der Waals surface area contributed by atoms with E-state index in [1.54, 1.807) is 6.26 Å². The third-order valence-electron chi connectivity index (χ3n) is 5.99. The maximum absolute atomic E-state index is 13.3. The molecular formula is C26H30N2O2. The van der Waals surface area contributed by atoms with Crippen LogP contribution in [0.5, 0.6) is 0 Å². The lowest BCUT2D eigenvalue weighted by molar-refractivity contribution is -0.137. The van der Waals surface area contributed by atoms with E-state index in [-0.39, 0.29) is 11.8 Å². The third-order valence-corrected chi connectivity index (χ3v) is 5.99. The lowest BCUT2D eigenvalue weighted by Gasteiger charge is -2.38. The Bertz CT molecular complexity index is 952. The number of nitrogens with zero attached hydrogens (tertiary/aromatic N) is 2. The van der Waals surface area contributed by atoms with Gasteiger partial charge in [0.05, 0.1) is 18.7 Å². The monoisotopic (exact) mass is 402 g/mol. The van der Waals surface area contributed by atoms with Crippen LogP contribution in [0.3, 0.4) is 0 Å². The summed E-state index contributed by atoms with van der Waals surface area (Å²) in [7, 11) is 1.88. The van der Waals surface area contributed by atoms with E-state index in [2.05, 4.69) is 60.4 Å². The van der Waals surface area contributed by atoms with Crippen molar-refractivity contribution >= 4 is 5.91 Å². The van der Waals surface area contributed by atoms with Gasteiger partial charge in [0, 0.05) is 26.7 Å². The molecule has 0 saturated carbocycles. The number of furan rings is 1. The second-order valence-electron chi connectivity index (χ2n) is 8.50. The summed E-state index contributed by atoms with van der Waals surface area (Å²) in [6, 6.07) is 23.0. The topological polar surface area (TPSA) is 36.7 Å². The van der Waals surface area contributed by atoms with Gasteiger partial charge in [-0.15, -0.1) is 0 Å². The van der Waals surface area contributed by atoms with Crippen molar-refractivity contribution in [1.29, 1.82) is 0 Å². The number of likely N-dealkylation sites (tertiary alicyclic amines) is 1. The minimum absolute atomic E-state index is 0.0204. The number of hydrogen-bond acceptors (Lipinski definition) is 3. The molecule has 1 saturated heterocycles. The zero-order chi connectivity index (χ0) is 20.9. The third kappa shape index (κ3) is 5.00. The van der Waals surface area contributed by atoms with Crippen LogP contribution < -0.4 is 0 Å². The van der Waals surface area contributed by atoms with Crippen LogP contribution >= 0.6 is 0 Å². The molecule has 0 bridgehead atoms. The Labute approximate surface area is 179 Å². The van der Waals surface area contributed by atoms with Gasteiger partial charge < -0.3 is 9.32 Å². The lowest BCUT2D eigenvalue weighted by atomic mass is 9.83. The van der Waals surface area contributed by atoms with E-state index in [9.17, 15) is 4.79 Å². The molecule has 4 nitrogen and oxygen atoms in total. The molecule has 1 aromatic heterocycles. The highest BCUT2D eigenvalue weighted by Crippen LogP contribution is 2.32. The molecule has 0 spiro atoms. The number of amides is 1. The molecule has 30 heavy (non-hydrogen) atoms. The fraction of sp³-hybridized carbons (Fsp3) is 0.346. The van der Waals surface area contributed by atoms with Crippen LogP contribution in [0.2, 0.25) is 0 Å². The van der Waals surface area contributed by atoms with E-state index in [0.29, 0.717) is 12.5 Å². The van der Waals surface area contributed by atoms with Crippen molar-refractivity contribution in [1.82, 2.24) is 9.80 Å². The number of aryl methyl sites for hydroxylation is 1. The quantitative estimate of drug-likeness (QED) is 0.591. The molecule has 156 valence electrons. The molecule has 1 fully saturated rings. The number of hydrogen-bond donors (Lipinski definition) is 0. The van der Waals surface area contributed by atoms with Gasteiger partial charge in [-0.2, -0.15) is 0 Å². The Hall–Kier alpha value is -2.85. The predicted molar refractivity (Wildman–Crippen MR) is 119 cm³/mol. The predicted octanol–water partition coefficient (Wildman–Crippen LogP) is 4.85. The van der Waals surface area contributed by atoms with E-state index in [0.717, 1.165) is 31.8 Å². The van der Waals surface area contributed by atoms with E-state index in [1.807, 2.05) is 30.1 Å². The van der Waals surface area contributed by atoms with Gasteiger partial charge in [-0.1, -0.05) is 60.2 Å². The highest BCUT2D eigenvalue weighted by molar-refractivity contribution is 5.79. The smallest absolute Gasteiger partial charge is 0.227 e. The molecule has 0 N–H and O–H groups in total. The summed E-state index contributed by atoms with van der Waals surface area (Å²) in [5, 5.41) is 0. The molecular weight excluding hydrogens is 372 g/mol. The molecule has 1 amide bonds. The first-order valence-corrected chi connectivity index (χ1v) is 10.7. The molecule has 0 aliphatic carbocycles. The molecule has 3 aromatic rings. The summed E-state index contributed by atoms with van der Waals surface area (Å²) in [6.45, 7) is 5.28. The normalized spacial score (nSPS) is 19.5. The van der Waals surface area contributed by atoms with Gasteiger partial charge in [0.15, 0.2) is 0 Å². The summed E-state index contributed by atoms with van der Waals surface area (Å²) < 4.78 is 5.44. The maximum atomic E-state index is 13.3. The van der Waals surface area contributed by atoms with Crippen LogP contribution in [0.4, 0.5) is 0 Å². The summed E-state index contributed by atoms with van der Waals surface area (Å²) in [6.07, 6.45) is 2.54. The van der Waals surface area contributed by atoms with E-state index < -0.39 is 0 Å². The first kappa shape index (κ1) is 20.4. The van der Waals surface area contributed by atoms with Crippen molar-refractivity contribution in [2.45, 2.75) is 32.4 Å². The minimum Gasteiger partial charge on any atom is -0.467 e. The van der Waals surface area contributed by atoms with Crippen molar-refractivity contribution in [3.63, 3.8) is 0 Å². The largest absolute Gasteiger partial charge is 0.467 e. The number of carbonyl (C=O) groups is 1. The average Bonchev–Trinajstić information content (AvgIpc) is 3.26. The van der Waals surface area contributed by atoms with Crippen molar-refractivity contribution in [2.24, 2.45) is 5.92 Å². The van der Waals surface area contributed by atoms with Gasteiger partial charge in [-0.25, -0.2) is 0 Å². The Balaban J connectivity index is 1.53. The Kier molecular flexibility index (Phi) is 6.34. The molecule has 1 aliphatic rings. The summed E-state index contributed by atoms with van der Waals surface area (Å²) in [5.41, 5.74) is 3.89. The highest BCUT2D eigenvalue weighted by atomic mass is 16.3. The lowest BCUT2D eigenvalue weighted by Crippen LogP contribution is -2.45. The fourth-order valence-corrected chi connectivity index (χ4v) is 4.53. The van der Waals surface area contributed by atoms with Gasteiger partial charge in [0.2, 0.25) is 5.91 Å². The first-order chi connectivity index (χ1) is 14.6. The SMILES string of the molecule is Cc1cccc([C@H]2C[C@H](C(=O)N(C)Cc3ccco3)CN(Cc3ccccc3)C2)c1. The number of benzene rings is 2. The van der Waals surface area contributed by atoms with Crippen LogP contribution in [-0.2, 0) is 17.9 Å². The molecule has 4 heteroatoms. The Morgan fingerprint density at radius 2 is 1.90 bits per heavy atom. The Morgan fingerprint density at radius 1 is 1.07 bits per heavy atom. The van der Waals surface area contributed by atoms with Gasteiger partial charge in [-0.3, -0.25) is 9.69 Å². The van der Waals surface area contributed by atoms with E-state index >= 15 is 0 Å². The van der Waals surface area contributed by atoms with Gasteiger partial charge in [0.1, 0.15) is 5.76 Å². The molecule has 2 aromatic carbocycles. The van der Waals surface area contributed by atoms with Crippen LogP contribution in [-0.4, -0.2) is 35.8 Å². The van der Waals surface area contributed by atoms with E-state index in [1.165, 1.54) is 16.7 Å². The first-order valence-electron chi connectivity index (χ1n) is 10.7. The maximum Gasteiger partial charge on any atom is 0.227 e. The average molecular weight is 403 g/mol. The highest BCUT2D eigenvalue weighted by Gasteiger charge is 2.34. The minimum atomic E-state index is -0.0204. The molecule has 2 atom stereocenters. The molecule has 0 unspecified atom stereocenters. The zero-order valence-corrected chi connectivity index (χ0v) is 17.8. The van der Waals surface area contributed by atoms with Crippen LogP contribution in [0.15, 0.2) is 77.4 Å². The zero-order valence-electron chi connectivity index (χ0n) is 17.8. The van der Waals surface area contributed by atoms with Crippen molar-refractivity contribution in [2.75, 3.05) is 20.1 Å². The fourth-order valence-electron chi connectivity index (χ4n) is 4.53. The number of carbonyl (C=O) groups excluding carboxylic acids is 1. The molecule has 4 rings (SSSR count). The van der Waals surface area contributed by atoms with Gasteiger partial charge in [-0.05, 0) is 42.5 Å². The van der Waals surface area contributed by atoms with Crippen LogP contribution in [0.1, 0.15) is 34.8 Å². The van der Waals surface area contributed by atoms with Crippen LogP contribution in [0, 0.1) is 12.8 Å². The number of rotatable bonds is 6. The van der Waals surface area contributed by atoms with Gasteiger partial charge >= 0.3 is 0 Å². The summed E-state index contributed by atoms with van der Waals surface area (Å²) >= 11 is 0. The molecule has 0 radical (unpaired) electrons. The number of piperidine rings is 1. The standard InChI is InChI=1S/C26H30N2O2/c1-20-8-6-11-22(14-20)23-15-24(26(29)27(2)19-25-12-7-13-30-25)18-28(17-23)16-21-9-4-3-5-10-21/h3-14,23-24H,15-19H2,1-2H3/t23-,24-/m0/s1.